The summed E-state index contributed by atoms with van der Waals surface area (Å²) in [6.45, 7) is 6.70. The maximum Gasteiger partial charge on any atom is 0.407 e. The van der Waals surface area contributed by atoms with Crippen LogP contribution in [0.1, 0.15) is 39.7 Å². The number of carbonyl (C=O) groups is 2. The van der Waals surface area contributed by atoms with Crippen LogP contribution in [0.4, 0.5) is 9.18 Å². The minimum Gasteiger partial charge on any atom is -0.464 e. The molecule has 0 saturated carbocycles. The Balaban J connectivity index is 2.30. The monoisotopic (exact) mass is 543 g/mol. The second-order valence-electron chi connectivity index (χ2n) is 9.15. The Hall–Kier alpha value is -2.69. The summed E-state index contributed by atoms with van der Waals surface area (Å²) in [6.07, 6.45) is -1.40. The maximum atomic E-state index is 14.2. The molecule has 0 aliphatic heterocycles. The molecule has 2 rings (SSSR count). The van der Waals surface area contributed by atoms with Gasteiger partial charge in [-0.1, -0.05) is 35.9 Å². The van der Waals surface area contributed by atoms with E-state index in [1.54, 1.807) is 52.0 Å². The Morgan fingerprint density at radius 3 is 2.31 bits per heavy atom. The predicted molar refractivity (Wildman–Crippen MR) is 135 cm³/mol. The molecule has 0 bridgehead atoms. The van der Waals surface area contributed by atoms with Gasteiger partial charge in [0.15, 0.2) is 6.10 Å². The van der Waals surface area contributed by atoms with E-state index in [4.69, 9.17) is 25.3 Å². The van der Waals surface area contributed by atoms with Gasteiger partial charge in [0.2, 0.25) is 0 Å². The summed E-state index contributed by atoms with van der Waals surface area (Å²) in [5, 5.41) is 3.07. The lowest BCUT2D eigenvalue weighted by atomic mass is 9.97. The normalized spacial score (nSPS) is 13.5. The number of benzene rings is 2. The minimum atomic E-state index is -4.00. The van der Waals surface area contributed by atoms with E-state index >= 15 is 0 Å². The number of nitrogens with one attached hydrogen (secondary N) is 1. The SMILES string of the molecule is CCOC(=O)C(CC(Cc1ccc(-c2cc(Cl)ccc2F)cc1)NC(=O)OC(C)(C)C)OS(C)(=O)=O. The molecule has 11 heteroatoms. The highest BCUT2D eigenvalue weighted by molar-refractivity contribution is 7.86. The molecule has 0 saturated heterocycles. The zero-order valence-corrected chi connectivity index (χ0v) is 22.4. The van der Waals surface area contributed by atoms with Crippen LogP contribution < -0.4 is 5.32 Å². The van der Waals surface area contributed by atoms with Gasteiger partial charge in [0, 0.05) is 23.0 Å². The number of esters is 1. The van der Waals surface area contributed by atoms with Crippen molar-refractivity contribution in [2.75, 3.05) is 12.9 Å². The van der Waals surface area contributed by atoms with Crippen molar-refractivity contribution < 1.29 is 36.1 Å². The molecular formula is C25H31ClFNO7S. The fraction of sp³-hybridized carbons (Fsp3) is 0.440. The van der Waals surface area contributed by atoms with Gasteiger partial charge in [-0.15, -0.1) is 0 Å². The van der Waals surface area contributed by atoms with E-state index in [-0.39, 0.29) is 19.4 Å². The fourth-order valence-corrected chi connectivity index (χ4v) is 4.12. The third-order valence-corrected chi connectivity index (χ3v) is 5.55. The molecule has 0 aromatic heterocycles. The second kappa shape index (κ2) is 12.5. The predicted octanol–water partition coefficient (Wildman–Crippen LogP) is 4.88. The molecule has 0 aliphatic rings. The van der Waals surface area contributed by atoms with Crippen LogP contribution in [0, 0.1) is 5.82 Å². The topological polar surface area (TPSA) is 108 Å². The van der Waals surface area contributed by atoms with Crippen molar-refractivity contribution in [2.45, 2.75) is 58.3 Å². The molecule has 2 aromatic carbocycles. The molecule has 2 aromatic rings. The molecule has 1 amide bonds. The van der Waals surface area contributed by atoms with Gasteiger partial charge < -0.3 is 14.8 Å². The number of alkyl carbamates (subject to hydrolysis) is 1. The summed E-state index contributed by atoms with van der Waals surface area (Å²) in [6, 6.07) is 10.4. The largest absolute Gasteiger partial charge is 0.464 e. The standard InChI is InChI=1S/C25H31ClFNO7S/c1-6-33-23(29)22(35-36(5,31)32)15-19(28-24(30)34-25(2,3)4)13-16-7-9-17(10-8-16)20-14-18(26)11-12-21(20)27/h7-12,14,19,22H,6,13,15H2,1-5H3,(H,28,30). The second-order valence-corrected chi connectivity index (χ2v) is 11.2. The van der Waals surface area contributed by atoms with E-state index in [0.29, 0.717) is 16.1 Å². The maximum absolute atomic E-state index is 14.2. The Morgan fingerprint density at radius 2 is 1.75 bits per heavy atom. The minimum absolute atomic E-state index is 0.0220. The number of rotatable bonds is 10. The summed E-state index contributed by atoms with van der Waals surface area (Å²) < 4.78 is 52.9. The van der Waals surface area contributed by atoms with Crippen LogP contribution in [-0.4, -0.2) is 51.1 Å². The first-order chi connectivity index (χ1) is 16.7. The summed E-state index contributed by atoms with van der Waals surface area (Å²) in [4.78, 5) is 24.8. The lowest BCUT2D eigenvalue weighted by Crippen LogP contribution is -2.44. The van der Waals surface area contributed by atoms with Crippen molar-refractivity contribution in [3.8, 4) is 11.1 Å². The Labute approximate surface area is 216 Å². The molecule has 0 spiro atoms. The van der Waals surface area contributed by atoms with Gasteiger partial charge in [0.05, 0.1) is 12.9 Å². The molecule has 0 radical (unpaired) electrons. The van der Waals surface area contributed by atoms with Crippen LogP contribution in [-0.2, 0) is 35.0 Å². The van der Waals surface area contributed by atoms with E-state index in [2.05, 4.69) is 5.32 Å². The molecule has 2 atom stereocenters. The summed E-state index contributed by atoms with van der Waals surface area (Å²) in [7, 11) is -4.00. The molecule has 8 nitrogen and oxygen atoms in total. The van der Waals surface area contributed by atoms with Crippen molar-refractivity contribution in [3.63, 3.8) is 0 Å². The third kappa shape index (κ3) is 10.1. The van der Waals surface area contributed by atoms with Crippen molar-refractivity contribution >= 4 is 33.8 Å². The van der Waals surface area contributed by atoms with E-state index in [9.17, 15) is 22.4 Å². The number of halogens is 2. The smallest absolute Gasteiger partial charge is 0.407 e. The summed E-state index contributed by atoms with van der Waals surface area (Å²) in [5.41, 5.74) is 0.882. The van der Waals surface area contributed by atoms with Crippen LogP contribution in [0.15, 0.2) is 42.5 Å². The van der Waals surface area contributed by atoms with E-state index in [0.717, 1.165) is 11.8 Å². The summed E-state index contributed by atoms with van der Waals surface area (Å²) in [5.74, 6) is -1.29. The van der Waals surface area contributed by atoms with Gasteiger partial charge in [-0.25, -0.2) is 14.0 Å². The van der Waals surface area contributed by atoms with E-state index in [1.807, 2.05) is 0 Å². The van der Waals surface area contributed by atoms with Gasteiger partial charge in [0.1, 0.15) is 11.4 Å². The Morgan fingerprint density at radius 1 is 1.11 bits per heavy atom. The zero-order chi connectivity index (χ0) is 27.1. The first-order valence-electron chi connectivity index (χ1n) is 11.3. The molecule has 1 N–H and O–H groups in total. The van der Waals surface area contributed by atoms with Gasteiger partial charge >= 0.3 is 12.1 Å². The van der Waals surface area contributed by atoms with Crippen LogP contribution in [0.3, 0.4) is 0 Å². The van der Waals surface area contributed by atoms with Gasteiger partial charge in [-0.3, -0.25) is 4.18 Å². The summed E-state index contributed by atoms with van der Waals surface area (Å²) >= 11 is 5.99. The Kier molecular flexibility index (Phi) is 10.3. The molecule has 198 valence electrons. The average Bonchev–Trinajstić information content (AvgIpc) is 2.73. The zero-order valence-electron chi connectivity index (χ0n) is 20.8. The molecule has 2 unspecified atom stereocenters. The van der Waals surface area contributed by atoms with Crippen molar-refractivity contribution in [3.05, 3.63) is 58.9 Å². The molecule has 0 heterocycles. The molecule has 0 fully saturated rings. The van der Waals surface area contributed by atoms with Crippen LogP contribution >= 0.6 is 11.6 Å². The highest BCUT2D eigenvalue weighted by Gasteiger charge is 2.30. The van der Waals surface area contributed by atoms with Gasteiger partial charge in [-0.05, 0) is 63.4 Å². The highest BCUT2D eigenvalue weighted by Crippen LogP contribution is 2.27. The van der Waals surface area contributed by atoms with Crippen LogP contribution in [0.5, 0.6) is 0 Å². The molecule has 36 heavy (non-hydrogen) atoms. The lowest BCUT2D eigenvalue weighted by molar-refractivity contribution is -0.151. The van der Waals surface area contributed by atoms with Gasteiger partial charge in [-0.2, -0.15) is 8.42 Å². The number of amides is 1. The lowest BCUT2D eigenvalue weighted by Gasteiger charge is -2.26. The number of hydrogen-bond donors (Lipinski definition) is 1. The Bertz CT molecular complexity index is 1160. The van der Waals surface area contributed by atoms with E-state index < -0.39 is 45.7 Å². The first-order valence-corrected chi connectivity index (χ1v) is 13.4. The third-order valence-electron chi connectivity index (χ3n) is 4.74. The van der Waals surface area contributed by atoms with Crippen molar-refractivity contribution in [1.29, 1.82) is 0 Å². The van der Waals surface area contributed by atoms with E-state index in [1.165, 1.54) is 18.2 Å². The molecule has 0 aliphatic carbocycles. The average molecular weight is 544 g/mol. The van der Waals surface area contributed by atoms with Gasteiger partial charge in [0.25, 0.3) is 10.1 Å². The van der Waals surface area contributed by atoms with Crippen molar-refractivity contribution in [2.24, 2.45) is 0 Å². The quantitative estimate of drug-likeness (QED) is 0.336. The number of ether oxygens (including phenoxy) is 2. The van der Waals surface area contributed by atoms with Crippen molar-refractivity contribution in [1.82, 2.24) is 5.32 Å². The first kappa shape index (κ1) is 29.5. The molecular weight excluding hydrogens is 513 g/mol. The fourth-order valence-electron chi connectivity index (χ4n) is 3.37. The highest BCUT2D eigenvalue weighted by atomic mass is 35.5. The van der Waals surface area contributed by atoms with Crippen LogP contribution in [0.2, 0.25) is 5.02 Å². The van der Waals surface area contributed by atoms with Crippen LogP contribution in [0.25, 0.3) is 11.1 Å². The number of carbonyl (C=O) groups excluding carboxylic acids is 2. The number of hydrogen-bond acceptors (Lipinski definition) is 7.